The van der Waals surface area contributed by atoms with Crippen molar-refractivity contribution in [2.24, 2.45) is 4.99 Å². The van der Waals surface area contributed by atoms with Crippen LogP contribution in [0.1, 0.15) is 52.4 Å². The molecule has 0 saturated heterocycles. The van der Waals surface area contributed by atoms with E-state index < -0.39 is 11.9 Å². The van der Waals surface area contributed by atoms with E-state index in [9.17, 15) is 14.4 Å². The van der Waals surface area contributed by atoms with Crippen molar-refractivity contribution in [3.05, 3.63) is 39.5 Å². The Hall–Kier alpha value is -2.72. The van der Waals surface area contributed by atoms with E-state index in [1.165, 1.54) is 6.08 Å². The summed E-state index contributed by atoms with van der Waals surface area (Å²) in [6.45, 7) is 5.87. The average molecular weight is 329 g/mol. The Bertz CT molecular complexity index is 785. The molecule has 1 heterocycles. The molecule has 1 N–H and O–H groups in total. The number of fused-ring (bicyclic) bond motifs is 1. The second-order valence-electron chi connectivity index (χ2n) is 5.86. The summed E-state index contributed by atoms with van der Waals surface area (Å²) in [7, 11) is 0. The number of ether oxygens (including phenoxy) is 1. The summed E-state index contributed by atoms with van der Waals surface area (Å²) < 4.78 is 5.08. The number of carboxylic acid groups (broad SMARTS) is 1. The van der Waals surface area contributed by atoms with Crippen LogP contribution in [0.3, 0.4) is 0 Å². The normalized spacial score (nSPS) is 13.3. The topological polar surface area (TPSA) is 93.0 Å². The first-order valence-corrected chi connectivity index (χ1v) is 7.64. The van der Waals surface area contributed by atoms with Crippen molar-refractivity contribution in [2.75, 3.05) is 0 Å². The van der Waals surface area contributed by atoms with E-state index >= 15 is 0 Å². The Balaban J connectivity index is 2.46. The zero-order valence-corrected chi connectivity index (χ0v) is 13.9. The number of carbonyl (C=O) groups excluding carboxylic acids is 2. The molecule has 0 atom stereocenters. The van der Waals surface area contributed by atoms with Crippen molar-refractivity contribution in [3.8, 4) is 0 Å². The number of aliphatic imine (C=N–C) groups is 1. The summed E-state index contributed by atoms with van der Waals surface area (Å²) in [6, 6.07) is 0. The summed E-state index contributed by atoms with van der Waals surface area (Å²) in [5.41, 5.74) is 5.01. The number of allylic oxidation sites excluding steroid dienone is 2. The standard InChI is InChI=1S/C18H19NO5/c1-10(5-7-15(21)22)4-6-13-11(2)12(3)14-8-24-18(23)16(14)17(13)19-9-20/h4H,5-8H2,1-3H3,(H,21,22)/b10-4+. The smallest absolute Gasteiger partial charge is 0.341 e. The molecule has 2 rings (SSSR count). The van der Waals surface area contributed by atoms with E-state index in [0.29, 0.717) is 24.1 Å². The summed E-state index contributed by atoms with van der Waals surface area (Å²) in [6.07, 6.45) is 4.40. The summed E-state index contributed by atoms with van der Waals surface area (Å²) in [5.74, 6) is -1.32. The summed E-state index contributed by atoms with van der Waals surface area (Å²) in [5, 5.41) is 8.74. The predicted octanol–water partition coefficient (Wildman–Crippen LogP) is 3.29. The number of hydrogen-bond donors (Lipinski definition) is 1. The third-order valence-corrected chi connectivity index (χ3v) is 4.39. The lowest BCUT2D eigenvalue weighted by atomic mass is 9.90. The molecule has 6 nitrogen and oxygen atoms in total. The van der Waals surface area contributed by atoms with E-state index in [-0.39, 0.29) is 13.0 Å². The maximum absolute atomic E-state index is 12.0. The Morgan fingerprint density at radius 2 is 2.04 bits per heavy atom. The number of rotatable bonds is 6. The first kappa shape index (κ1) is 17.6. The van der Waals surface area contributed by atoms with Crippen molar-refractivity contribution in [1.29, 1.82) is 0 Å². The molecule has 0 unspecified atom stereocenters. The van der Waals surface area contributed by atoms with Gasteiger partial charge in [-0.3, -0.25) is 4.79 Å². The maximum Gasteiger partial charge on any atom is 0.341 e. The number of cyclic esters (lactones) is 1. The summed E-state index contributed by atoms with van der Waals surface area (Å²) >= 11 is 0. The minimum absolute atomic E-state index is 0.0657. The molecule has 0 aromatic heterocycles. The van der Waals surface area contributed by atoms with Gasteiger partial charge in [0, 0.05) is 12.0 Å². The number of hydrogen-bond acceptors (Lipinski definition) is 5. The van der Waals surface area contributed by atoms with Gasteiger partial charge in [0.15, 0.2) is 0 Å². The van der Waals surface area contributed by atoms with Crippen molar-refractivity contribution in [1.82, 2.24) is 0 Å². The molecule has 1 aliphatic heterocycles. The Morgan fingerprint density at radius 3 is 2.67 bits per heavy atom. The molecule has 0 radical (unpaired) electrons. The Morgan fingerprint density at radius 1 is 1.33 bits per heavy atom. The quantitative estimate of drug-likeness (QED) is 0.374. The fourth-order valence-corrected chi connectivity index (χ4v) is 2.82. The van der Waals surface area contributed by atoms with Crippen LogP contribution in [0.15, 0.2) is 16.6 Å². The molecular weight excluding hydrogens is 310 g/mol. The fraction of sp³-hybridized carbons (Fsp3) is 0.389. The molecule has 0 aliphatic carbocycles. The molecule has 1 aliphatic rings. The van der Waals surface area contributed by atoms with E-state index in [1.54, 1.807) is 0 Å². The third-order valence-electron chi connectivity index (χ3n) is 4.39. The van der Waals surface area contributed by atoms with Gasteiger partial charge in [-0.25, -0.2) is 9.59 Å². The average Bonchev–Trinajstić information content (AvgIpc) is 2.92. The molecule has 0 spiro atoms. The number of esters is 1. The fourth-order valence-electron chi connectivity index (χ4n) is 2.82. The van der Waals surface area contributed by atoms with Crippen molar-refractivity contribution in [3.63, 3.8) is 0 Å². The van der Waals surface area contributed by atoms with Crippen LogP contribution in [0.4, 0.5) is 5.69 Å². The molecule has 1 aromatic carbocycles. The molecule has 126 valence electrons. The van der Waals surface area contributed by atoms with Crippen LogP contribution in [-0.2, 0) is 27.4 Å². The molecule has 6 heteroatoms. The van der Waals surface area contributed by atoms with Gasteiger partial charge in [-0.1, -0.05) is 11.6 Å². The second-order valence-corrected chi connectivity index (χ2v) is 5.86. The first-order chi connectivity index (χ1) is 11.4. The predicted molar refractivity (Wildman–Crippen MR) is 87.1 cm³/mol. The van der Waals surface area contributed by atoms with Gasteiger partial charge in [-0.15, -0.1) is 0 Å². The van der Waals surface area contributed by atoms with Crippen LogP contribution in [-0.4, -0.2) is 23.1 Å². The first-order valence-electron chi connectivity index (χ1n) is 7.64. The number of nitrogens with zero attached hydrogens (tertiary/aromatic N) is 1. The van der Waals surface area contributed by atoms with Gasteiger partial charge >= 0.3 is 11.9 Å². The van der Waals surface area contributed by atoms with E-state index in [0.717, 1.165) is 27.8 Å². The van der Waals surface area contributed by atoms with Crippen molar-refractivity contribution >= 4 is 23.7 Å². The van der Waals surface area contributed by atoms with E-state index in [1.807, 2.05) is 26.8 Å². The lowest BCUT2D eigenvalue weighted by Crippen LogP contribution is -2.03. The van der Waals surface area contributed by atoms with Crippen LogP contribution in [0, 0.1) is 13.8 Å². The van der Waals surface area contributed by atoms with Gasteiger partial charge in [-0.2, -0.15) is 4.99 Å². The number of isocyanates is 1. The van der Waals surface area contributed by atoms with E-state index in [4.69, 9.17) is 9.84 Å². The lowest BCUT2D eigenvalue weighted by Gasteiger charge is -2.14. The SMILES string of the molecule is C/C(=C\Cc1c(C)c(C)c2c(c1N=C=O)C(=O)OC2)CCC(=O)O. The van der Waals surface area contributed by atoms with Gasteiger partial charge in [0.2, 0.25) is 6.08 Å². The number of carbonyl (C=O) groups is 2. The van der Waals surface area contributed by atoms with Crippen LogP contribution >= 0.6 is 0 Å². The molecule has 0 saturated carbocycles. The number of benzene rings is 1. The molecule has 24 heavy (non-hydrogen) atoms. The Kier molecular flexibility index (Phi) is 5.31. The minimum atomic E-state index is -0.846. The van der Waals surface area contributed by atoms with Crippen LogP contribution in [0.2, 0.25) is 0 Å². The zero-order chi connectivity index (χ0) is 17.9. The van der Waals surface area contributed by atoms with Gasteiger partial charge in [-0.05, 0) is 50.3 Å². The lowest BCUT2D eigenvalue weighted by molar-refractivity contribution is -0.136. The van der Waals surface area contributed by atoms with Crippen molar-refractivity contribution in [2.45, 2.75) is 46.6 Å². The molecule has 0 amide bonds. The highest BCUT2D eigenvalue weighted by molar-refractivity contribution is 6.00. The molecule has 1 aromatic rings. The van der Waals surface area contributed by atoms with Gasteiger partial charge < -0.3 is 9.84 Å². The van der Waals surface area contributed by atoms with Gasteiger partial charge in [0.05, 0.1) is 11.3 Å². The highest BCUT2D eigenvalue weighted by Gasteiger charge is 2.30. The molecular formula is C18H19NO5. The highest BCUT2D eigenvalue weighted by atomic mass is 16.5. The van der Waals surface area contributed by atoms with Crippen molar-refractivity contribution < 1.29 is 24.2 Å². The largest absolute Gasteiger partial charge is 0.481 e. The number of aliphatic carboxylic acids is 1. The van der Waals surface area contributed by atoms with Gasteiger partial charge in [0.1, 0.15) is 6.61 Å². The Labute approximate surface area is 139 Å². The summed E-state index contributed by atoms with van der Waals surface area (Å²) in [4.78, 5) is 37.2. The van der Waals surface area contributed by atoms with Gasteiger partial charge in [0.25, 0.3) is 0 Å². The molecule has 0 bridgehead atoms. The monoisotopic (exact) mass is 329 g/mol. The second kappa shape index (κ2) is 7.23. The maximum atomic E-state index is 12.0. The van der Waals surface area contributed by atoms with Crippen LogP contribution < -0.4 is 0 Å². The minimum Gasteiger partial charge on any atom is -0.481 e. The third kappa shape index (κ3) is 3.44. The van der Waals surface area contributed by atoms with Crippen LogP contribution in [0.5, 0.6) is 0 Å². The van der Waals surface area contributed by atoms with E-state index in [2.05, 4.69) is 4.99 Å². The molecule has 0 fully saturated rings. The number of carboxylic acids is 1. The zero-order valence-electron chi connectivity index (χ0n) is 13.9. The van der Waals surface area contributed by atoms with Crippen LogP contribution in [0.25, 0.3) is 0 Å². The highest BCUT2D eigenvalue weighted by Crippen LogP contribution is 2.38.